The number of sulfonamides is 1. The van der Waals surface area contributed by atoms with Crippen LogP contribution in [0, 0.1) is 0 Å². The summed E-state index contributed by atoms with van der Waals surface area (Å²) in [6, 6.07) is 8.79. The molecule has 0 unspecified atom stereocenters. The zero-order chi connectivity index (χ0) is 20.2. The molecule has 9 heteroatoms. The Bertz CT molecular complexity index is 944. The summed E-state index contributed by atoms with van der Waals surface area (Å²) in [7, 11) is -2.25. The summed E-state index contributed by atoms with van der Waals surface area (Å²) in [6.45, 7) is 4.20. The van der Waals surface area contributed by atoms with E-state index in [4.69, 9.17) is 27.9 Å². The first-order valence-corrected chi connectivity index (χ1v) is 10.4. The van der Waals surface area contributed by atoms with Crippen LogP contribution in [-0.2, 0) is 10.0 Å². The summed E-state index contributed by atoms with van der Waals surface area (Å²) in [5.41, 5.74) is 0.432. The number of hydrogen-bond donors (Lipinski definition) is 1. The van der Waals surface area contributed by atoms with Crippen LogP contribution in [0.5, 0.6) is 5.75 Å². The molecular formula is C18H20Cl2N2O4S. The lowest BCUT2D eigenvalue weighted by Crippen LogP contribution is -2.30. The molecule has 0 aromatic heterocycles. The highest BCUT2D eigenvalue weighted by atomic mass is 35.5. The Morgan fingerprint density at radius 2 is 1.78 bits per heavy atom. The van der Waals surface area contributed by atoms with Gasteiger partial charge in [0, 0.05) is 18.1 Å². The lowest BCUT2D eigenvalue weighted by Gasteiger charge is -2.19. The van der Waals surface area contributed by atoms with Crippen LogP contribution in [0.2, 0.25) is 10.0 Å². The SMILES string of the molecule is CCN(CC)S(=O)(=O)c1ccc(OC)c(NC(=O)c2ccc(Cl)cc2Cl)c1. The van der Waals surface area contributed by atoms with Gasteiger partial charge in [-0.3, -0.25) is 4.79 Å². The Labute approximate surface area is 169 Å². The van der Waals surface area contributed by atoms with E-state index in [1.54, 1.807) is 19.9 Å². The van der Waals surface area contributed by atoms with Crippen molar-refractivity contribution >= 4 is 44.8 Å². The molecule has 0 atom stereocenters. The third-order valence-corrected chi connectivity index (χ3v) is 6.53. The van der Waals surface area contributed by atoms with Gasteiger partial charge >= 0.3 is 0 Å². The Morgan fingerprint density at radius 3 is 2.33 bits per heavy atom. The fraction of sp³-hybridized carbons (Fsp3) is 0.278. The van der Waals surface area contributed by atoms with Crippen LogP contribution < -0.4 is 10.1 Å². The van der Waals surface area contributed by atoms with Gasteiger partial charge in [0.1, 0.15) is 5.75 Å². The fourth-order valence-electron chi connectivity index (χ4n) is 2.52. The van der Waals surface area contributed by atoms with Crippen molar-refractivity contribution in [2.24, 2.45) is 0 Å². The van der Waals surface area contributed by atoms with Crippen LogP contribution in [-0.4, -0.2) is 38.8 Å². The molecule has 1 amide bonds. The monoisotopic (exact) mass is 430 g/mol. The van der Waals surface area contributed by atoms with E-state index in [0.717, 1.165) is 0 Å². The van der Waals surface area contributed by atoms with E-state index in [0.29, 0.717) is 23.9 Å². The molecule has 0 bridgehead atoms. The number of carbonyl (C=O) groups is 1. The van der Waals surface area contributed by atoms with Crippen molar-refractivity contribution in [1.82, 2.24) is 4.31 Å². The molecule has 1 N–H and O–H groups in total. The third kappa shape index (κ3) is 4.73. The van der Waals surface area contributed by atoms with Crippen molar-refractivity contribution in [3.05, 3.63) is 52.0 Å². The van der Waals surface area contributed by atoms with Gasteiger partial charge in [-0.25, -0.2) is 8.42 Å². The summed E-state index contributed by atoms with van der Waals surface area (Å²) < 4.78 is 32.0. The summed E-state index contributed by atoms with van der Waals surface area (Å²) in [6.07, 6.45) is 0. The maximum atomic E-state index is 12.7. The Kier molecular flexibility index (Phi) is 7.11. The lowest BCUT2D eigenvalue weighted by molar-refractivity contribution is 0.102. The molecule has 2 rings (SSSR count). The second kappa shape index (κ2) is 8.93. The van der Waals surface area contributed by atoms with E-state index >= 15 is 0 Å². The minimum Gasteiger partial charge on any atom is -0.495 e. The molecule has 2 aromatic carbocycles. The van der Waals surface area contributed by atoms with Crippen molar-refractivity contribution in [3.8, 4) is 5.75 Å². The number of amides is 1. The van der Waals surface area contributed by atoms with E-state index < -0.39 is 15.9 Å². The zero-order valence-electron chi connectivity index (χ0n) is 15.1. The minimum absolute atomic E-state index is 0.0597. The van der Waals surface area contributed by atoms with E-state index in [-0.39, 0.29) is 21.2 Å². The van der Waals surface area contributed by atoms with Crippen molar-refractivity contribution in [2.75, 3.05) is 25.5 Å². The normalized spacial score (nSPS) is 11.5. The van der Waals surface area contributed by atoms with Gasteiger partial charge in [0.05, 0.1) is 28.3 Å². The molecule has 0 aliphatic heterocycles. The van der Waals surface area contributed by atoms with E-state index in [1.807, 2.05) is 0 Å². The molecule has 0 saturated heterocycles. The predicted octanol–water partition coefficient (Wildman–Crippen LogP) is 4.28. The maximum absolute atomic E-state index is 12.7. The number of anilines is 1. The minimum atomic E-state index is -3.68. The van der Waals surface area contributed by atoms with Crippen molar-refractivity contribution in [1.29, 1.82) is 0 Å². The summed E-state index contributed by atoms with van der Waals surface area (Å²) in [5.74, 6) is -0.181. The highest BCUT2D eigenvalue weighted by Gasteiger charge is 2.23. The second-order valence-electron chi connectivity index (χ2n) is 5.53. The first-order valence-electron chi connectivity index (χ1n) is 8.19. The van der Waals surface area contributed by atoms with Crippen LogP contribution in [0.4, 0.5) is 5.69 Å². The summed E-state index contributed by atoms with van der Waals surface area (Å²) in [5, 5.41) is 3.24. The molecule has 0 aliphatic carbocycles. The number of ether oxygens (including phenoxy) is 1. The fourth-order valence-corrected chi connectivity index (χ4v) is 4.50. The third-order valence-electron chi connectivity index (χ3n) is 3.94. The standard InChI is InChI=1S/C18H20Cl2N2O4S/c1-4-22(5-2)27(24,25)13-7-9-17(26-3)16(11-13)21-18(23)14-8-6-12(19)10-15(14)20/h6-11H,4-5H2,1-3H3,(H,21,23). The van der Waals surface area contributed by atoms with E-state index in [9.17, 15) is 13.2 Å². The smallest absolute Gasteiger partial charge is 0.257 e. The molecule has 0 radical (unpaired) electrons. The molecule has 146 valence electrons. The maximum Gasteiger partial charge on any atom is 0.257 e. The molecule has 6 nitrogen and oxygen atoms in total. The molecule has 0 aliphatic rings. The number of nitrogens with one attached hydrogen (secondary N) is 1. The quantitative estimate of drug-likeness (QED) is 0.710. The molecule has 0 heterocycles. The van der Waals surface area contributed by atoms with Gasteiger partial charge in [0.15, 0.2) is 0 Å². The van der Waals surface area contributed by atoms with Crippen LogP contribution >= 0.6 is 23.2 Å². The Balaban J connectivity index is 2.42. The van der Waals surface area contributed by atoms with Crippen LogP contribution in [0.15, 0.2) is 41.3 Å². The van der Waals surface area contributed by atoms with Gasteiger partial charge in [0.25, 0.3) is 5.91 Å². The number of carbonyl (C=O) groups excluding carboxylic acids is 1. The number of nitrogens with zero attached hydrogens (tertiary/aromatic N) is 1. The molecule has 2 aromatic rings. The van der Waals surface area contributed by atoms with Gasteiger partial charge in [-0.2, -0.15) is 4.31 Å². The predicted molar refractivity (Wildman–Crippen MR) is 108 cm³/mol. The van der Waals surface area contributed by atoms with E-state index in [2.05, 4.69) is 5.32 Å². The van der Waals surface area contributed by atoms with Gasteiger partial charge in [-0.1, -0.05) is 37.0 Å². The number of rotatable bonds is 7. The highest BCUT2D eigenvalue weighted by Crippen LogP contribution is 2.30. The number of halogens is 2. The topological polar surface area (TPSA) is 75.7 Å². The Hall–Kier alpha value is -1.80. The second-order valence-corrected chi connectivity index (χ2v) is 8.31. The zero-order valence-corrected chi connectivity index (χ0v) is 17.5. The first kappa shape index (κ1) is 21.5. The van der Waals surface area contributed by atoms with Gasteiger partial charge in [-0.15, -0.1) is 0 Å². The number of benzene rings is 2. The average molecular weight is 431 g/mol. The molecular weight excluding hydrogens is 411 g/mol. The highest BCUT2D eigenvalue weighted by molar-refractivity contribution is 7.89. The van der Waals surface area contributed by atoms with Gasteiger partial charge in [-0.05, 0) is 36.4 Å². The van der Waals surface area contributed by atoms with Crippen LogP contribution in [0.1, 0.15) is 24.2 Å². The van der Waals surface area contributed by atoms with Gasteiger partial charge in [0.2, 0.25) is 10.0 Å². The summed E-state index contributed by atoms with van der Waals surface area (Å²) >= 11 is 11.9. The van der Waals surface area contributed by atoms with Crippen molar-refractivity contribution in [2.45, 2.75) is 18.7 Å². The van der Waals surface area contributed by atoms with E-state index in [1.165, 1.54) is 41.7 Å². The van der Waals surface area contributed by atoms with Crippen molar-refractivity contribution in [3.63, 3.8) is 0 Å². The molecule has 27 heavy (non-hydrogen) atoms. The largest absolute Gasteiger partial charge is 0.495 e. The lowest BCUT2D eigenvalue weighted by atomic mass is 10.2. The molecule has 0 spiro atoms. The molecule has 0 fully saturated rings. The van der Waals surface area contributed by atoms with Crippen molar-refractivity contribution < 1.29 is 17.9 Å². The summed E-state index contributed by atoms with van der Waals surface area (Å²) in [4.78, 5) is 12.6. The molecule has 0 saturated carbocycles. The number of methoxy groups -OCH3 is 1. The van der Waals surface area contributed by atoms with Crippen LogP contribution in [0.25, 0.3) is 0 Å². The van der Waals surface area contributed by atoms with Gasteiger partial charge < -0.3 is 10.1 Å². The first-order chi connectivity index (χ1) is 12.7. The number of hydrogen-bond acceptors (Lipinski definition) is 4. The average Bonchev–Trinajstić information content (AvgIpc) is 2.62. The Morgan fingerprint density at radius 1 is 1.11 bits per heavy atom. The van der Waals surface area contributed by atoms with Crippen LogP contribution in [0.3, 0.4) is 0 Å².